The Labute approximate surface area is 103 Å². The fourth-order valence-corrected chi connectivity index (χ4v) is 1.29. The number of amides is 1. The Bertz CT molecular complexity index is 472. The first kappa shape index (κ1) is 13.6. The van der Waals surface area contributed by atoms with Gasteiger partial charge < -0.3 is 10.4 Å². The molecule has 96 valence electrons. The lowest BCUT2D eigenvalue weighted by Gasteiger charge is -2.04. The Morgan fingerprint density at radius 1 is 1.33 bits per heavy atom. The normalized spacial score (nSPS) is 9.78. The van der Waals surface area contributed by atoms with Gasteiger partial charge in [0.2, 0.25) is 5.91 Å². The number of aliphatic carboxylic acids is 1. The minimum absolute atomic E-state index is 0.0488. The molecule has 0 fully saturated rings. The average molecular weight is 252 g/mol. The molecule has 0 saturated heterocycles. The van der Waals surface area contributed by atoms with E-state index < -0.39 is 16.8 Å². The summed E-state index contributed by atoms with van der Waals surface area (Å²) in [5.41, 5.74) is 0.542. The van der Waals surface area contributed by atoms with Crippen molar-refractivity contribution in [2.24, 2.45) is 0 Å². The summed E-state index contributed by atoms with van der Waals surface area (Å²) in [6.45, 7) is 0.139. The number of hydrogen-bond donors (Lipinski definition) is 2. The van der Waals surface area contributed by atoms with Crippen LogP contribution in [0.3, 0.4) is 0 Å². The fourth-order valence-electron chi connectivity index (χ4n) is 1.29. The molecule has 0 aliphatic heterocycles. The van der Waals surface area contributed by atoms with E-state index in [2.05, 4.69) is 5.32 Å². The van der Waals surface area contributed by atoms with Gasteiger partial charge in [-0.3, -0.25) is 19.7 Å². The molecule has 0 heterocycles. The Morgan fingerprint density at radius 3 is 2.67 bits per heavy atom. The predicted octanol–water partition coefficient (Wildman–Crippen LogP) is 1.08. The lowest BCUT2D eigenvalue weighted by Crippen LogP contribution is -2.23. The molecule has 0 unspecified atom stereocenters. The molecule has 0 saturated carbocycles. The number of rotatable bonds is 6. The van der Waals surface area contributed by atoms with Crippen molar-refractivity contribution in [1.82, 2.24) is 5.32 Å². The minimum Gasteiger partial charge on any atom is -0.481 e. The monoisotopic (exact) mass is 252 g/mol. The lowest BCUT2D eigenvalue weighted by molar-refractivity contribution is -0.384. The van der Waals surface area contributed by atoms with Gasteiger partial charge in [-0.05, 0) is 5.56 Å². The van der Waals surface area contributed by atoms with Crippen LogP contribution < -0.4 is 5.32 Å². The van der Waals surface area contributed by atoms with E-state index in [4.69, 9.17) is 5.11 Å². The van der Waals surface area contributed by atoms with Crippen molar-refractivity contribution in [2.45, 2.75) is 19.4 Å². The Balaban J connectivity index is 2.48. The summed E-state index contributed by atoms with van der Waals surface area (Å²) in [7, 11) is 0. The van der Waals surface area contributed by atoms with Gasteiger partial charge in [-0.2, -0.15) is 0 Å². The van der Waals surface area contributed by atoms with Gasteiger partial charge in [0, 0.05) is 25.1 Å². The van der Waals surface area contributed by atoms with Gasteiger partial charge in [0.05, 0.1) is 11.3 Å². The second-order valence-electron chi connectivity index (χ2n) is 3.60. The molecule has 1 rings (SSSR count). The van der Waals surface area contributed by atoms with Crippen LogP contribution in [0.5, 0.6) is 0 Å². The van der Waals surface area contributed by atoms with Crippen LogP contribution >= 0.6 is 0 Å². The summed E-state index contributed by atoms with van der Waals surface area (Å²) in [5, 5.41) is 21.4. The SMILES string of the molecule is O=C(O)CCC(=O)NCc1cccc([N+](=O)[O-])c1. The van der Waals surface area contributed by atoms with Crippen molar-refractivity contribution >= 4 is 17.6 Å². The summed E-state index contributed by atoms with van der Waals surface area (Å²) < 4.78 is 0. The molecule has 2 N–H and O–H groups in total. The van der Waals surface area contributed by atoms with E-state index in [0.29, 0.717) is 5.56 Å². The largest absolute Gasteiger partial charge is 0.481 e. The van der Waals surface area contributed by atoms with Gasteiger partial charge in [-0.25, -0.2) is 0 Å². The molecule has 1 aromatic rings. The Hall–Kier alpha value is -2.44. The van der Waals surface area contributed by atoms with Crippen LogP contribution in [0.2, 0.25) is 0 Å². The molecule has 0 aliphatic carbocycles. The van der Waals surface area contributed by atoms with Crippen molar-refractivity contribution < 1.29 is 19.6 Å². The molecule has 0 bridgehead atoms. The Kier molecular flexibility index (Phi) is 4.79. The summed E-state index contributed by atoms with van der Waals surface area (Å²) >= 11 is 0. The van der Waals surface area contributed by atoms with Gasteiger partial charge in [0.15, 0.2) is 0 Å². The van der Waals surface area contributed by atoms with E-state index in [-0.39, 0.29) is 25.1 Å². The first-order chi connectivity index (χ1) is 8.49. The number of nitro groups is 1. The smallest absolute Gasteiger partial charge is 0.303 e. The van der Waals surface area contributed by atoms with Crippen LogP contribution in [0.4, 0.5) is 5.69 Å². The number of benzene rings is 1. The van der Waals surface area contributed by atoms with E-state index in [1.54, 1.807) is 6.07 Å². The van der Waals surface area contributed by atoms with Gasteiger partial charge in [-0.15, -0.1) is 0 Å². The van der Waals surface area contributed by atoms with Gasteiger partial charge in [-0.1, -0.05) is 12.1 Å². The minimum atomic E-state index is -1.04. The molecule has 0 aromatic heterocycles. The van der Waals surface area contributed by atoms with Crippen LogP contribution in [0.1, 0.15) is 18.4 Å². The topological polar surface area (TPSA) is 110 Å². The number of nitrogens with zero attached hydrogens (tertiary/aromatic N) is 1. The second-order valence-corrected chi connectivity index (χ2v) is 3.60. The van der Waals surface area contributed by atoms with E-state index in [0.717, 1.165) is 0 Å². The summed E-state index contributed by atoms with van der Waals surface area (Å²) in [6, 6.07) is 5.88. The average Bonchev–Trinajstić information content (AvgIpc) is 2.34. The van der Waals surface area contributed by atoms with Crippen molar-refractivity contribution in [3.8, 4) is 0 Å². The molecule has 0 atom stereocenters. The highest BCUT2D eigenvalue weighted by molar-refractivity contribution is 5.80. The van der Waals surface area contributed by atoms with E-state index >= 15 is 0 Å². The highest BCUT2D eigenvalue weighted by Gasteiger charge is 2.07. The van der Waals surface area contributed by atoms with Crippen LogP contribution in [-0.2, 0) is 16.1 Å². The zero-order chi connectivity index (χ0) is 13.5. The quantitative estimate of drug-likeness (QED) is 0.581. The molecular weight excluding hydrogens is 240 g/mol. The second kappa shape index (κ2) is 6.33. The number of carbonyl (C=O) groups excluding carboxylic acids is 1. The maximum atomic E-state index is 11.2. The van der Waals surface area contributed by atoms with E-state index in [1.807, 2.05) is 0 Å². The van der Waals surface area contributed by atoms with Gasteiger partial charge >= 0.3 is 5.97 Å². The standard InChI is InChI=1S/C11H12N2O5/c14-10(4-5-11(15)16)12-7-8-2-1-3-9(6-8)13(17)18/h1-3,6H,4-5,7H2,(H,12,14)(H,15,16). The summed E-state index contributed by atoms with van der Waals surface area (Å²) in [6.07, 6.45) is -0.342. The van der Waals surface area contributed by atoms with Crippen molar-refractivity contribution in [3.63, 3.8) is 0 Å². The Morgan fingerprint density at radius 2 is 2.06 bits per heavy atom. The molecule has 18 heavy (non-hydrogen) atoms. The molecule has 0 radical (unpaired) electrons. The third-order valence-corrected chi connectivity index (χ3v) is 2.18. The number of non-ortho nitro benzene ring substituents is 1. The molecule has 7 heteroatoms. The van der Waals surface area contributed by atoms with Crippen LogP contribution in [-0.4, -0.2) is 21.9 Å². The number of nitrogens with one attached hydrogen (secondary N) is 1. The molecule has 7 nitrogen and oxygen atoms in total. The van der Waals surface area contributed by atoms with Crippen LogP contribution in [0.15, 0.2) is 24.3 Å². The molecule has 1 amide bonds. The fraction of sp³-hybridized carbons (Fsp3) is 0.273. The van der Waals surface area contributed by atoms with Crippen molar-refractivity contribution in [1.29, 1.82) is 0 Å². The van der Waals surface area contributed by atoms with Crippen molar-refractivity contribution in [3.05, 3.63) is 39.9 Å². The lowest BCUT2D eigenvalue weighted by atomic mass is 10.2. The zero-order valence-corrected chi connectivity index (χ0v) is 9.46. The molecule has 0 aliphatic rings. The number of hydrogen-bond acceptors (Lipinski definition) is 4. The first-order valence-electron chi connectivity index (χ1n) is 5.21. The molecular formula is C11H12N2O5. The summed E-state index contributed by atoms with van der Waals surface area (Å²) in [4.78, 5) is 31.5. The number of nitro benzene ring substituents is 1. The first-order valence-corrected chi connectivity index (χ1v) is 5.21. The zero-order valence-electron chi connectivity index (χ0n) is 9.46. The van der Waals surface area contributed by atoms with Gasteiger partial charge in [0.25, 0.3) is 5.69 Å². The van der Waals surface area contributed by atoms with E-state index in [9.17, 15) is 19.7 Å². The van der Waals surface area contributed by atoms with Gasteiger partial charge in [0.1, 0.15) is 0 Å². The molecule has 0 spiro atoms. The van der Waals surface area contributed by atoms with Crippen LogP contribution in [0, 0.1) is 10.1 Å². The predicted molar refractivity (Wildman–Crippen MR) is 61.8 cm³/mol. The van der Waals surface area contributed by atoms with Crippen molar-refractivity contribution in [2.75, 3.05) is 0 Å². The number of carbonyl (C=O) groups is 2. The number of carboxylic acids is 1. The number of carboxylic acid groups (broad SMARTS) is 1. The maximum absolute atomic E-state index is 11.2. The molecule has 1 aromatic carbocycles. The van der Waals surface area contributed by atoms with E-state index in [1.165, 1.54) is 18.2 Å². The third-order valence-electron chi connectivity index (χ3n) is 2.18. The summed E-state index contributed by atoms with van der Waals surface area (Å²) in [5.74, 6) is -1.44. The maximum Gasteiger partial charge on any atom is 0.303 e. The van der Waals surface area contributed by atoms with Crippen LogP contribution in [0.25, 0.3) is 0 Å². The third kappa shape index (κ3) is 4.60. The highest BCUT2D eigenvalue weighted by Crippen LogP contribution is 2.12. The highest BCUT2D eigenvalue weighted by atomic mass is 16.6.